The lowest BCUT2D eigenvalue weighted by Crippen LogP contribution is -2.09. The Kier molecular flexibility index (Phi) is 3.89. The van der Waals surface area contributed by atoms with E-state index >= 15 is 0 Å². The van der Waals surface area contributed by atoms with Crippen LogP contribution in [0, 0.1) is 11.3 Å². The maximum atomic E-state index is 10.0. The van der Waals surface area contributed by atoms with E-state index in [-0.39, 0.29) is 6.10 Å². The average Bonchev–Trinajstić information content (AvgIpc) is 2.54. The summed E-state index contributed by atoms with van der Waals surface area (Å²) in [7, 11) is 0. The Morgan fingerprint density at radius 3 is 2.76 bits per heavy atom. The topological polar surface area (TPSA) is 53.2 Å². The van der Waals surface area contributed by atoms with Crippen molar-refractivity contribution in [3.63, 3.8) is 0 Å². The normalized spacial score (nSPS) is 16.9. The predicted octanol–water partition coefficient (Wildman–Crippen LogP) is 3.51. The highest BCUT2D eigenvalue weighted by Gasteiger charge is 2.18. The van der Waals surface area contributed by atoms with Gasteiger partial charge in [-0.25, -0.2) is 0 Å². The van der Waals surface area contributed by atoms with Crippen LogP contribution in [-0.2, 0) is 13.0 Å². The Morgan fingerprint density at radius 1 is 1.19 bits per heavy atom. The minimum Gasteiger partial charge on any atom is -0.489 e. The van der Waals surface area contributed by atoms with Crippen molar-refractivity contribution in [1.29, 1.82) is 5.26 Å². The number of fused-ring (bicyclic) bond motifs is 1. The molecule has 0 saturated heterocycles. The van der Waals surface area contributed by atoms with Crippen LogP contribution >= 0.6 is 0 Å². The lowest BCUT2D eigenvalue weighted by Gasteiger charge is -2.22. The molecule has 0 heterocycles. The fourth-order valence-corrected chi connectivity index (χ4v) is 2.68. The molecule has 0 radical (unpaired) electrons. The van der Waals surface area contributed by atoms with Crippen molar-refractivity contribution in [3.8, 4) is 11.8 Å². The molecule has 0 spiro atoms. The van der Waals surface area contributed by atoms with Crippen LogP contribution in [0.5, 0.6) is 5.75 Å². The van der Waals surface area contributed by atoms with Gasteiger partial charge in [-0.1, -0.05) is 18.2 Å². The predicted molar refractivity (Wildman–Crippen MR) is 79.8 cm³/mol. The monoisotopic (exact) mass is 279 g/mol. The summed E-state index contributed by atoms with van der Waals surface area (Å²) in [5.41, 5.74) is 3.89. The molecular formula is C18H17NO2. The van der Waals surface area contributed by atoms with Crippen molar-refractivity contribution in [2.45, 2.75) is 32.0 Å². The molecule has 0 aliphatic heterocycles. The van der Waals surface area contributed by atoms with Crippen LogP contribution in [0.4, 0.5) is 0 Å². The van der Waals surface area contributed by atoms with Gasteiger partial charge in [0.15, 0.2) is 0 Å². The second-order valence-electron chi connectivity index (χ2n) is 5.37. The van der Waals surface area contributed by atoms with E-state index in [0.717, 1.165) is 36.1 Å². The van der Waals surface area contributed by atoms with Crippen LogP contribution in [-0.4, -0.2) is 5.11 Å². The highest BCUT2D eigenvalue weighted by atomic mass is 16.5. The first kappa shape index (κ1) is 13.7. The van der Waals surface area contributed by atoms with Gasteiger partial charge in [-0.2, -0.15) is 5.26 Å². The van der Waals surface area contributed by atoms with Crippen molar-refractivity contribution in [1.82, 2.24) is 0 Å². The largest absolute Gasteiger partial charge is 0.489 e. The molecule has 0 amide bonds. The number of nitrogens with zero attached hydrogens (tertiary/aromatic N) is 1. The molecule has 3 rings (SSSR count). The molecule has 0 unspecified atom stereocenters. The Hall–Kier alpha value is -2.31. The zero-order chi connectivity index (χ0) is 14.7. The minimum atomic E-state index is -0.368. The molecule has 0 fully saturated rings. The van der Waals surface area contributed by atoms with Crippen molar-refractivity contribution >= 4 is 0 Å². The first-order chi connectivity index (χ1) is 10.3. The molecule has 2 aromatic carbocycles. The van der Waals surface area contributed by atoms with Gasteiger partial charge in [0.05, 0.1) is 17.7 Å². The Balaban J connectivity index is 1.70. The van der Waals surface area contributed by atoms with Gasteiger partial charge < -0.3 is 9.84 Å². The minimum absolute atomic E-state index is 0.368. The van der Waals surface area contributed by atoms with Gasteiger partial charge in [0.2, 0.25) is 0 Å². The highest BCUT2D eigenvalue weighted by molar-refractivity contribution is 5.39. The summed E-state index contributed by atoms with van der Waals surface area (Å²) in [6.07, 6.45) is 2.53. The SMILES string of the molecule is N#Cc1ccc(COc2ccc3c(c2)[C@@H](O)CCC3)cc1. The number of aliphatic hydroxyl groups is 1. The number of benzene rings is 2. The second kappa shape index (κ2) is 5.99. The first-order valence-electron chi connectivity index (χ1n) is 7.19. The third-order valence-electron chi connectivity index (χ3n) is 3.89. The highest BCUT2D eigenvalue weighted by Crippen LogP contribution is 2.32. The summed E-state index contributed by atoms with van der Waals surface area (Å²) >= 11 is 0. The van der Waals surface area contributed by atoms with Gasteiger partial charge in [-0.05, 0) is 60.2 Å². The molecule has 21 heavy (non-hydrogen) atoms. The molecule has 3 heteroatoms. The van der Waals surface area contributed by atoms with Gasteiger partial charge in [0.1, 0.15) is 12.4 Å². The van der Waals surface area contributed by atoms with Crippen LogP contribution in [0.3, 0.4) is 0 Å². The third kappa shape index (κ3) is 3.07. The summed E-state index contributed by atoms with van der Waals surface area (Å²) in [6.45, 7) is 0.459. The van der Waals surface area contributed by atoms with Crippen LogP contribution in [0.1, 0.15) is 41.2 Å². The van der Waals surface area contributed by atoms with Crippen molar-refractivity contribution < 1.29 is 9.84 Å². The van der Waals surface area contributed by atoms with E-state index in [9.17, 15) is 5.11 Å². The van der Waals surface area contributed by atoms with E-state index in [1.807, 2.05) is 30.3 Å². The molecule has 1 aliphatic carbocycles. The van der Waals surface area contributed by atoms with E-state index in [2.05, 4.69) is 6.07 Å². The molecule has 1 N–H and O–H groups in total. The number of ether oxygens (including phenoxy) is 1. The van der Waals surface area contributed by atoms with Crippen LogP contribution < -0.4 is 4.74 Å². The molecule has 0 bridgehead atoms. The van der Waals surface area contributed by atoms with E-state index in [0.29, 0.717) is 12.2 Å². The number of nitriles is 1. The van der Waals surface area contributed by atoms with Crippen molar-refractivity contribution in [2.75, 3.05) is 0 Å². The molecule has 2 aromatic rings. The summed E-state index contributed by atoms with van der Waals surface area (Å²) in [6, 6.07) is 15.4. The maximum absolute atomic E-state index is 10.0. The zero-order valence-corrected chi connectivity index (χ0v) is 11.7. The fourth-order valence-electron chi connectivity index (χ4n) is 2.68. The first-order valence-corrected chi connectivity index (χ1v) is 7.19. The van der Waals surface area contributed by atoms with Crippen LogP contribution in [0.2, 0.25) is 0 Å². The smallest absolute Gasteiger partial charge is 0.120 e. The molecule has 1 aliphatic rings. The van der Waals surface area contributed by atoms with Gasteiger partial charge in [-0.3, -0.25) is 0 Å². The lowest BCUT2D eigenvalue weighted by molar-refractivity contribution is 0.156. The van der Waals surface area contributed by atoms with E-state index in [1.165, 1.54) is 5.56 Å². The standard InChI is InChI=1S/C18H17NO2/c19-11-13-4-6-14(7-5-13)12-21-16-9-8-15-2-1-3-18(20)17(15)10-16/h4-10,18,20H,1-3,12H2/t18-/m0/s1. The van der Waals surface area contributed by atoms with Crippen molar-refractivity contribution in [3.05, 3.63) is 64.7 Å². The Morgan fingerprint density at radius 2 is 2.00 bits per heavy atom. The molecule has 106 valence electrons. The summed E-state index contributed by atoms with van der Waals surface area (Å²) < 4.78 is 5.79. The third-order valence-corrected chi connectivity index (χ3v) is 3.89. The lowest BCUT2D eigenvalue weighted by atomic mass is 9.89. The van der Waals surface area contributed by atoms with Gasteiger partial charge in [-0.15, -0.1) is 0 Å². The average molecular weight is 279 g/mol. The number of hydrogen-bond donors (Lipinski definition) is 1. The molecule has 3 nitrogen and oxygen atoms in total. The van der Waals surface area contributed by atoms with Gasteiger partial charge >= 0.3 is 0 Å². The maximum Gasteiger partial charge on any atom is 0.120 e. The Labute approximate surface area is 124 Å². The Bertz CT molecular complexity index is 671. The molecule has 1 atom stereocenters. The number of hydrogen-bond acceptors (Lipinski definition) is 3. The number of rotatable bonds is 3. The van der Waals surface area contributed by atoms with Crippen molar-refractivity contribution in [2.24, 2.45) is 0 Å². The van der Waals surface area contributed by atoms with E-state index < -0.39 is 0 Å². The molecule has 0 saturated carbocycles. The molecule has 0 aromatic heterocycles. The quantitative estimate of drug-likeness (QED) is 0.935. The number of aliphatic hydroxyl groups excluding tert-OH is 1. The number of aryl methyl sites for hydroxylation is 1. The summed E-state index contributed by atoms with van der Waals surface area (Å²) in [4.78, 5) is 0. The fraction of sp³-hybridized carbons (Fsp3) is 0.278. The van der Waals surface area contributed by atoms with Gasteiger partial charge in [0.25, 0.3) is 0 Å². The summed E-state index contributed by atoms with van der Waals surface area (Å²) in [5.74, 6) is 0.777. The van der Waals surface area contributed by atoms with E-state index in [4.69, 9.17) is 10.00 Å². The zero-order valence-electron chi connectivity index (χ0n) is 11.7. The van der Waals surface area contributed by atoms with E-state index in [1.54, 1.807) is 12.1 Å². The molecular weight excluding hydrogens is 262 g/mol. The second-order valence-corrected chi connectivity index (χ2v) is 5.37. The van der Waals surface area contributed by atoms with Gasteiger partial charge in [0, 0.05) is 0 Å². The van der Waals surface area contributed by atoms with Crippen LogP contribution in [0.25, 0.3) is 0 Å². The summed E-state index contributed by atoms with van der Waals surface area (Å²) in [5, 5.41) is 18.8. The van der Waals surface area contributed by atoms with Crippen LogP contribution in [0.15, 0.2) is 42.5 Å².